The smallest absolute Gasteiger partial charge is 0.326 e. The molecule has 4 atom stereocenters. The van der Waals surface area contributed by atoms with Gasteiger partial charge in [0.05, 0.1) is 12.5 Å². The summed E-state index contributed by atoms with van der Waals surface area (Å²) in [5.74, 6) is -5.02. The minimum absolute atomic E-state index is 0.113. The lowest BCUT2D eigenvalue weighted by Gasteiger charge is -2.28. The van der Waals surface area contributed by atoms with E-state index in [1.807, 2.05) is 0 Å². The van der Waals surface area contributed by atoms with Crippen LogP contribution in [0, 0.1) is 5.92 Å². The van der Waals surface area contributed by atoms with Crippen molar-refractivity contribution in [3.8, 4) is 0 Å². The molecule has 0 spiro atoms. The summed E-state index contributed by atoms with van der Waals surface area (Å²) < 4.78 is 0. The van der Waals surface area contributed by atoms with Gasteiger partial charge in [0.25, 0.3) is 0 Å². The Bertz CT molecular complexity index is 658. The summed E-state index contributed by atoms with van der Waals surface area (Å²) in [6.45, 7) is 3.62. The first-order chi connectivity index (χ1) is 13.5. The number of likely N-dealkylation sites (tertiary alicyclic amines) is 1. The molecule has 29 heavy (non-hydrogen) atoms. The number of carboxylic acid groups (broad SMARTS) is 2. The van der Waals surface area contributed by atoms with Crippen LogP contribution < -0.4 is 16.4 Å². The van der Waals surface area contributed by atoms with Gasteiger partial charge in [-0.1, -0.05) is 13.8 Å². The lowest BCUT2D eigenvalue weighted by molar-refractivity contribution is -0.150. The molecule has 1 rings (SSSR count). The molecule has 1 aliphatic rings. The summed E-state index contributed by atoms with van der Waals surface area (Å²) in [7, 11) is 0. The zero-order chi connectivity index (χ0) is 22.3. The number of nitrogens with two attached hydrogens (primary N) is 1. The Morgan fingerprint density at radius 3 is 2.17 bits per heavy atom. The third kappa shape index (κ3) is 6.89. The van der Waals surface area contributed by atoms with Crippen LogP contribution in [0.4, 0.5) is 0 Å². The number of nitrogens with one attached hydrogen (secondary N) is 2. The van der Waals surface area contributed by atoms with Gasteiger partial charge in [0, 0.05) is 12.3 Å². The maximum atomic E-state index is 12.7. The molecule has 0 aromatic carbocycles. The Kier molecular flexibility index (Phi) is 9.37. The maximum Gasteiger partial charge on any atom is 0.326 e. The van der Waals surface area contributed by atoms with Crippen molar-refractivity contribution < 1.29 is 34.2 Å². The molecule has 1 aliphatic heterocycles. The molecule has 6 N–H and O–H groups in total. The van der Waals surface area contributed by atoms with Crippen molar-refractivity contribution in [1.82, 2.24) is 15.5 Å². The Morgan fingerprint density at radius 2 is 1.69 bits per heavy atom. The minimum Gasteiger partial charge on any atom is -0.481 e. The monoisotopic (exact) mass is 432 g/mol. The van der Waals surface area contributed by atoms with E-state index >= 15 is 0 Å². The van der Waals surface area contributed by atoms with Gasteiger partial charge in [-0.3, -0.25) is 19.2 Å². The van der Waals surface area contributed by atoms with Crippen LogP contribution in [0.2, 0.25) is 0 Å². The van der Waals surface area contributed by atoms with E-state index in [-0.39, 0.29) is 24.6 Å². The number of aliphatic carboxylic acids is 2. The number of carbonyl (C=O) groups excluding carboxylic acids is 3. The highest BCUT2D eigenvalue weighted by Crippen LogP contribution is 2.19. The van der Waals surface area contributed by atoms with Crippen molar-refractivity contribution >= 4 is 42.3 Å². The molecule has 4 unspecified atom stereocenters. The molecule has 0 aromatic rings. The van der Waals surface area contributed by atoms with E-state index in [2.05, 4.69) is 23.3 Å². The number of thiol groups is 1. The minimum atomic E-state index is -1.47. The maximum absolute atomic E-state index is 12.7. The lowest BCUT2D eigenvalue weighted by atomic mass is 10.0. The van der Waals surface area contributed by atoms with Gasteiger partial charge in [0.15, 0.2) is 0 Å². The normalized spacial score (nSPS) is 19.3. The van der Waals surface area contributed by atoms with E-state index in [4.69, 9.17) is 10.8 Å². The molecule has 11 nitrogen and oxygen atoms in total. The van der Waals surface area contributed by atoms with E-state index in [9.17, 15) is 29.1 Å². The summed E-state index contributed by atoms with van der Waals surface area (Å²) >= 11 is 4.02. The van der Waals surface area contributed by atoms with Gasteiger partial charge in [-0.25, -0.2) is 4.79 Å². The topological polar surface area (TPSA) is 179 Å². The van der Waals surface area contributed by atoms with Crippen LogP contribution in [-0.4, -0.2) is 81.2 Å². The summed E-state index contributed by atoms with van der Waals surface area (Å²) in [6, 6.07) is -4.55. The first-order valence-corrected chi connectivity index (χ1v) is 9.85. The molecular weight excluding hydrogens is 404 g/mol. The van der Waals surface area contributed by atoms with Gasteiger partial charge < -0.3 is 31.5 Å². The van der Waals surface area contributed by atoms with Crippen molar-refractivity contribution in [1.29, 1.82) is 0 Å². The molecule has 0 saturated carbocycles. The molecule has 164 valence electrons. The fourth-order valence-corrected chi connectivity index (χ4v) is 3.16. The summed E-state index contributed by atoms with van der Waals surface area (Å²) in [4.78, 5) is 60.9. The zero-order valence-corrected chi connectivity index (χ0v) is 17.2. The molecule has 0 bridgehead atoms. The number of nitrogens with zero attached hydrogens (tertiary/aromatic N) is 1. The van der Waals surface area contributed by atoms with E-state index in [1.165, 1.54) is 0 Å². The number of rotatable bonds is 10. The molecule has 1 saturated heterocycles. The third-order valence-electron chi connectivity index (χ3n) is 4.65. The van der Waals surface area contributed by atoms with Crippen LogP contribution >= 0.6 is 12.6 Å². The second-order valence-corrected chi connectivity index (χ2v) is 7.57. The molecule has 1 fully saturated rings. The number of carboxylic acids is 2. The number of hydrogen-bond acceptors (Lipinski definition) is 7. The molecule has 0 aliphatic carbocycles. The van der Waals surface area contributed by atoms with Gasteiger partial charge in [-0.15, -0.1) is 0 Å². The van der Waals surface area contributed by atoms with Crippen LogP contribution in [-0.2, 0) is 24.0 Å². The molecular formula is C17H28N4O7S. The SMILES string of the molecule is CC(C)C(N)C(=O)NC(CS)C(=O)NC(CC(=O)O)C(=O)N1CCCC1C(=O)O. The van der Waals surface area contributed by atoms with E-state index in [0.29, 0.717) is 6.42 Å². The number of amides is 3. The fraction of sp³-hybridized carbons (Fsp3) is 0.706. The standard InChI is InChI=1S/C17H28N4O7S/c1-8(2)13(18)15(25)20-10(7-29)14(24)19-9(6-12(22)23)16(26)21-5-3-4-11(21)17(27)28/h8-11,13,29H,3-7,18H2,1-2H3,(H,19,24)(H,20,25)(H,22,23)(H,27,28). The predicted octanol–water partition coefficient (Wildman–Crippen LogP) is -1.58. The van der Waals surface area contributed by atoms with Gasteiger partial charge in [0.2, 0.25) is 17.7 Å². The number of carbonyl (C=O) groups is 5. The Balaban J connectivity index is 2.91. The quantitative estimate of drug-likeness (QED) is 0.224. The second kappa shape index (κ2) is 11.0. The highest BCUT2D eigenvalue weighted by molar-refractivity contribution is 7.80. The average molecular weight is 432 g/mol. The van der Waals surface area contributed by atoms with Gasteiger partial charge >= 0.3 is 11.9 Å². The summed E-state index contributed by atoms with van der Waals surface area (Å²) in [6.07, 6.45) is -0.0256. The largest absolute Gasteiger partial charge is 0.481 e. The molecule has 1 heterocycles. The zero-order valence-electron chi connectivity index (χ0n) is 16.3. The summed E-state index contributed by atoms with van der Waals surface area (Å²) in [5.41, 5.74) is 5.74. The van der Waals surface area contributed by atoms with Gasteiger partial charge in [-0.05, 0) is 18.8 Å². The molecule has 3 amide bonds. The lowest BCUT2D eigenvalue weighted by Crippen LogP contribution is -2.58. The molecule has 0 radical (unpaired) electrons. The Morgan fingerprint density at radius 1 is 1.10 bits per heavy atom. The predicted molar refractivity (Wildman–Crippen MR) is 105 cm³/mol. The van der Waals surface area contributed by atoms with Crippen LogP contribution in [0.5, 0.6) is 0 Å². The summed E-state index contributed by atoms with van der Waals surface area (Å²) in [5, 5.41) is 23.1. The van der Waals surface area contributed by atoms with Crippen LogP contribution in [0.3, 0.4) is 0 Å². The molecule has 12 heteroatoms. The van der Waals surface area contributed by atoms with E-state index in [0.717, 1.165) is 4.90 Å². The third-order valence-corrected chi connectivity index (χ3v) is 5.02. The van der Waals surface area contributed by atoms with Crippen molar-refractivity contribution in [3.63, 3.8) is 0 Å². The Labute approximate surface area is 173 Å². The van der Waals surface area contributed by atoms with E-state index in [1.54, 1.807) is 13.8 Å². The second-order valence-electron chi connectivity index (χ2n) is 7.20. The molecule has 0 aromatic heterocycles. The Hall–Kier alpha value is -2.34. The van der Waals surface area contributed by atoms with Gasteiger partial charge in [-0.2, -0.15) is 12.6 Å². The van der Waals surface area contributed by atoms with E-state index < -0.39 is 60.2 Å². The average Bonchev–Trinajstić information content (AvgIpc) is 3.13. The highest BCUT2D eigenvalue weighted by atomic mass is 32.1. The van der Waals surface area contributed by atoms with Gasteiger partial charge in [0.1, 0.15) is 18.1 Å². The number of hydrogen-bond donors (Lipinski definition) is 6. The van der Waals surface area contributed by atoms with Crippen molar-refractivity contribution in [2.45, 2.75) is 57.3 Å². The highest BCUT2D eigenvalue weighted by Gasteiger charge is 2.39. The fourth-order valence-electron chi connectivity index (χ4n) is 2.90. The van der Waals surface area contributed by atoms with Crippen molar-refractivity contribution in [2.75, 3.05) is 12.3 Å². The van der Waals surface area contributed by atoms with Crippen LogP contribution in [0.15, 0.2) is 0 Å². The first kappa shape index (κ1) is 24.7. The van der Waals surface area contributed by atoms with Crippen molar-refractivity contribution in [2.24, 2.45) is 11.7 Å². The van der Waals surface area contributed by atoms with Crippen LogP contribution in [0.25, 0.3) is 0 Å². The van der Waals surface area contributed by atoms with Crippen molar-refractivity contribution in [3.05, 3.63) is 0 Å². The first-order valence-electron chi connectivity index (χ1n) is 9.21. The van der Waals surface area contributed by atoms with Crippen LogP contribution in [0.1, 0.15) is 33.1 Å².